The largest absolute Gasteiger partial charge is 0.396 e. The lowest BCUT2D eigenvalue weighted by molar-refractivity contribution is -0.392. The maximum atomic E-state index is 11.5. The SMILES string of the molecule is Cn1cnc([N+](=O)[O-])c1Sc1c[nH]c(=O)[nH]c1=O. The normalized spacial score (nSPS) is 10.5. The minimum absolute atomic E-state index is 0.140. The Morgan fingerprint density at radius 3 is 2.83 bits per heavy atom. The number of rotatable bonds is 3. The number of imidazole rings is 1. The van der Waals surface area contributed by atoms with E-state index >= 15 is 0 Å². The Balaban J connectivity index is 2.46. The van der Waals surface area contributed by atoms with Gasteiger partial charge in [-0.25, -0.2) is 4.79 Å². The van der Waals surface area contributed by atoms with Crippen LogP contribution >= 0.6 is 11.8 Å². The number of aryl methyl sites for hydroxylation is 1. The first-order valence-corrected chi connectivity index (χ1v) is 5.46. The molecule has 10 heteroatoms. The second-order valence-corrected chi connectivity index (χ2v) is 4.31. The zero-order chi connectivity index (χ0) is 13.3. The summed E-state index contributed by atoms with van der Waals surface area (Å²) in [4.78, 5) is 40.5. The van der Waals surface area contributed by atoms with Crippen LogP contribution in [-0.4, -0.2) is 24.4 Å². The van der Waals surface area contributed by atoms with Crippen LogP contribution in [0.15, 0.2) is 32.0 Å². The third-order valence-corrected chi connectivity index (χ3v) is 3.22. The number of nitro groups is 1. The third kappa shape index (κ3) is 2.18. The third-order valence-electron chi connectivity index (χ3n) is 2.03. The van der Waals surface area contributed by atoms with Crippen molar-refractivity contribution in [3.63, 3.8) is 0 Å². The Morgan fingerprint density at radius 1 is 1.50 bits per heavy atom. The highest BCUT2D eigenvalue weighted by atomic mass is 32.2. The van der Waals surface area contributed by atoms with Crippen LogP contribution in [0.5, 0.6) is 0 Å². The molecule has 2 aromatic rings. The first kappa shape index (κ1) is 12.1. The van der Waals surface area contributed by atoms with Crippen molar-refractivity contribution >= 4 is 17.6 Å². The van der Waals surface area contributed by atoms with Gasteiger partial charge in [-0.3, -0.25) is 9.78 Å². The van der Waals surface area contributed by atoms with Gasteiger partial charge in [0.2, 0.25) is 6.33 Å². The van der Waals surface area contributed by atoms with Gasteiger partial charge in [-0.2, -0.15) is 0 Å². The number of aromatic nitrogens is 4. The van der Waals surface area contributed by atoms with Crippen molar-refractivity contribution < 1.29 is 4.92 Å². The summed E-state index contributed by atoms with van der Waals surface area (Å²) in [7, 11) is 1.57. The van der Waals surface area contributed by atoms with Crippen molar-refractivity contribution in [3.8, 4) is 0 Å². The Labute approximate surface area is 103 Å². The summed E-state index contributed by atoms with van der Waals surface area (Å²) in [6, 6.07) is 0. The molecule has 0 amide bonds. The van der Waals surface area contributed by atoms with E-state index in [1.54, 1.807) is 7.05 Å². The van der Waals surface area contributed by atoms with E-state index in [1.165, 1.54) is 17.1 Å². The van der Waals surface area contributed by atoms with Crippen molar-refractivity contribution in [3.05, 3.63) is 43.5 Å². The molecular formula is C8H7N5O4S. The van der Waals surface area contributed by atoms with Gasteiger partial charge in [0.05, 0.1) is 4.90 Å². The molecule has 94 valence electrons. The monoisotopic (exact) mass is 269 g/mol. The summed E-state index contributed by atoms with van der Waals surface area (Å²) in [5.41, 5.74) is -1.25. The molecule has 0 atom stereocenters. The number of aromatic amines is 2. The second kappa shape index (κ2) is 4.49. The molecule has 0 aliphatic rings. The molecule has 0 aromatic carbocycles. The van der Waals surface area contributed by atoms with Crippen molar-refractivity contribution in [1.29, 1.82) is 0 Å². The average molecular weight is 269 g/mol. The van der Waals surface area contributed by atoms with Crippen LogP contribution < -0.4 is 11.2 Å². The highest BCUT2D eigenvalue weighted by molar-refractivity contribution is 7.99. The van der Waals surface area contributed by atoms with E-state index < -0.39 is 16.2 Å². The number of H-pyrrole nitrogens is 2. The molecule has 0 aliphatic carbocycles. The zero-order valence-electron chi connectivity index (χ0n) is 9.04. The fourth-order valence-corrected chi connectivity index (χ4v) is 2.11. The molecule has 2 N–H and O–H groups in total. The fraction of sp³-hybridized carbons (Fsp3) is 0.125. The predicted octanol–water partition coefficient (Wildman–Crippen LogP) is -0.144. The van der Waals surface area contributed by atoms with Crippen molar-refractivity contribution in [2.24, 2.45) is 7.05 Å². The molecule has 0 spiro atoms. The summed E-state index contributed by atoms with van der Waals surface area (Å²) in [5.74, 6) is -0.340. The number of hydrogen-bond donors (Lipinski definition) is 2. The van der Waals surface area contributed by atoms with Gasteiger partial charge in [0.25, 0.3) is 5.56 Å². The number of nitrogens with one attached hydrogen (secondary N) is 2. The summed E-state index contributed by atoms with van der Waals surface area (Å²) in [6.07, 6.45) is 2.48. The summed E-state index contributed by atoms with van der Waals surface area (Å²) in [5, 5.41) is 10.9. The predicted molar refractivity (Wildman–Crippen MR) is 61.7 cm³/mol. The average Bonchev–Trinajstić information content (AvgIpc) is 2.64. The van der Waals surface area contributed by atoms with Crippen LogP contribution in [0.25, 0.3) is 0 Å². The standard InChI is InChI=1S/C8H7N5O4S/c1-12-3-10-5(13(16)17)7(12)18-4-2-9-8(15)11-6(4)14/h2-3H,1H3,(H2,9,11,14,15). The molecule has 2 rings (SSSR count). The molecule has 18 heavy (non-hydrogen) atoms. The smallest absolute Gasteiger partial charge is 0.358 e. The summed E-state index contributed by atoms with van der Waals surface area (Å²) < 4.78 is 1.42. The maximum Gasteiger partial charge on any atom is 0.396 e. The molecule has 0 saturated carbocycles. The highest BCUT2D eigenvalue weighted by Crippen LogP contribution is 2.30. The van der Waals surface area contributed by atoms with Crippen LogP contribution in [0.2, 0.25) is 0 Å². The zero-order valence-corrected chi connectivity index (χ0v) is 9.85. The van der Waals surface area contributed by atoms with Gasteiger partial charge in [0.15, 0.2) is 5.03 Å². The molecule has 0 bridgehead atoms. The fourth-order valence-electron chi connectivity index (χ4n) is 1.23. The topological polar surface area (TPSA) is 127 Å². The lowest BCUT2D eigenvalue weighted by Crippen LogP contribution is -2.22. The van der Waals surface area contributed by atoms with E-state index in [9.17, 15) is 19.7 Å². The Hall–Kier alpha value is -2.36. The van der Waals surface area contributed by atoms with Gasteiger partial charge in [-0.1, -0.05) is 11.8 Å². The minimum atomic E-state index is -0.637. The molecule has 0 unspecified atom stereocenters. The van der Waals surface area contributed by atoms with E-state index in [2.05, 4.69) is 9.97 Å². The van der Waals surface area contributed by atoms with E-state index in [0.29, 0.717) is 0 Å². The molecule has 2 aromatic heterocycles. The Bertz CT molecular complexity index is 715. The van der Waals surface area contributed by atoms with Crippen LogP contribution in [0, 0.1) is 10.1 Å². The second-order valence-electron chi connectivity index (χ2n) is 3.28. The van der Waals surface area contributed by atoms with Crippen LogP contribution in [-0.2, 0) is 7.05 Å². The van der Waals surface area contributed by atoms with Gasteiger partial charge in [0, 0.05) is 13.2 Å². The van der Waals surface area contributed by atoms with Crippen molar-refractivity contribution in [2.75, 3.05) is 0 Å². The summed E-state index contributed by atoms with van der Waals surface area (Å²) in [6.45, 7) is 0. The lowest BCUT2D eigenvalue weighted by Gasteiger charge is -2.00. The molecular weight excluding hydrogens is 262 g/mol. The van der Waals surface area contributed by atoms with E-state index in [4.69, 9.17) is 0 Å². The summed E-state index contributed by atoms with van der Waals surface area (Å²) >= 11 is 0.856. The van der Waals surface area contributed by atoms with Gasteiger partial charge in [-0.15, -0.1) is 0 Å². The van der Waals surface area contributed by atoms with Crippen LogP contribution in [0.4, 0.5) is 5.82 Å². The van der Waals surface area contributed by atoms with Crippen LogP contribution in [0.1, 0.15) is 0 Å². The van der Waals surface area contributed by atoms with Crippen molar-refractivity contribution in [1.82, 2.24) is 19.5 Å². The lowest BCUT2D eigenvalue weighted by atomic mass is 10.7. The minimum Gasteiger partial charge on any atom is -0.358 e. The number of nitrogens with zero attached hydrogens (tertiary/aromatic N) is 3. The first-order chi connectivity index (χ1) is 8.49. The molecule has 0 radical (unpaired) electrons. The first-order valence-electron chi connectivity index (χ1n) is 4.64. The molecule has 0 fully saturated rings. The van der Waals surface area contributed by atoms with Gasteiger partial charge < -0.3 is 19.7 Å². The van der Waals surface area contributed by atoms with Gasteiger partial charge in [0.1, 0.15) is 0 Å². The molecule has 0 aliphatic heterocycles. The Kier molecular flexibility index (Phi) is 3.02. The van der Waals surface area contributed by atoms with Gasteiger partial charge >= 0.3 is 11.5 Å². The highest BCUT2D eigenvalue weighted by Gasteiger charge is 2.22. The molecule has 0 saturated heterocycles. The maximum absolute atomic E-state index is 11.5. The molecule has 9 nitrogen and oxygen atoms in total. The Morgan fingerprint density at radius 2 is 2.22 bits per heavy atom. The van der Waals surface area contributed by atoms with Gasteiger partial charge in [-0.05, 0) is 9.91 Å². The van der Waals surface area contributed by atoms with Crippen molar-refractivity contribution in [2.45, 2.75) is 9.92 Å². The van der Waals surface area contributed by atoms with Crippen LogP contribution in [0.3, 0.4) is 0 Å². The van der Waals surface area contributed by atoms with E-state index in [1.807, 2.05) is 4.98 Å². The quantitative estimate of drug-likeness (QED) is 0.589. The van der Waals surface area contributed by atoms with E-state index in [0.717, 1.165) is 11.8 Å². The van der Waals surface area contributed by atoms with E-state index in [-0.39, 0.29) is 15.7 Å². The molecule has 2 heterocycles. The number of hydrogen-bond acceptors (Lipinski definition) is 6.